The molecule has 0 amide bonds. The van der Waals surface area contributed by atoms with Gasteiger partial charge in [-0.25, -0.2) is 0 Å². The standard InChI is InChI=1S/C5H12N2O.3C2H4O2.3Na/c1-2-5(8)4(7)3-6;3*1-2(3)4;;;/h2,4-5,8H,1,3,6-7H2;3*1H3,(H,3,4);;;/q;;;;3*+1/p-3. The molecule has 9 nitrogen and oxygen atoms in total. The summed E-state index contributed by atoms with van der Waals surface area (Å²) < 4.78 is 0. The van der Waals surface area contributed by atoms with Crippen LogP contribution in [0.25, 0.3) is 0 Å². The van der Waals surface area contributed by atoms with Gasteiger partial charge in [-0.05, 0) is 20.8 Å². The molecule has 0 aliphatic carbocycles. The molecule has 0 bridgehead atoms. The largest absolute Gasteiger partial charge is 1.00 e. The number of aliphatic carboxylic acids is 3. The first-order valence-corrected chi connectivity index (χ1v) is 5.21. The number of carbonyl (C=O) groups is 3. The molecule has 0 spiro atoms. The minimum atomic E-state index is -1.08. The molecule has 0 aromatic rings. The molecule has 0 rings (SSSR count). The van der Waals surface area contributed by atoms with Gasteiger partial charge in [0.05, 0.1) is 6.10 Å². The molecule has 0 heterocycles. The van der Waals surface area contributed by atoms with Crippen LogP contribution < -0.4 is 115 Å². The van der Waals surface area contributed by atoms with E-state index in [0.29, 0.717) is 0 Å². The Hall–Kier alpha value is 1.03. The minimum Gasteiger partial charge on any atom is -0.550 e. The molecule has 23 heavy (non-hydrogen) atoms. The summed E-state index contributed by atoms with van der Waals surface area (Å²) in [6.45, 7) is 6.55. The normalized spacial score (nSPS) is 9.30. The molecule has 12 heteroatoms. The maximum absolute atomic E-state index is 8.89. The number of aliphatic hydroxyl groups is 1. The topological polar surface area (TPSA) is 193 Å². The van der Waals surface area contributed by atoms with E-state index in [9.17, 15) is 0 Å². The molecular formula is C11H21N2Na3O7. The SMILES string of the molecule is C=CC(O)C(N)CN.CC(=O)[O-].CC(=O)[O-].CC(=O)[O-].[Na+].[Na+].[Na+]. The zero-order valence-electron chi connectivity index (χ0n) is 14.7. The first kappa shape index (κ1) is 43.9. The molecule has 0 aliphatic rings. The molecule has 2 unspecified atom stereocenters. The summed E-state index contributed by atoms with van der Waals surface area (Å²) in [6, 6.07) is -0.368. The van der Waals surface area contributed by atoms with Crippen LogP contribution in [0.3, 0.4) is 0 Å². The van der Waals surface area contributed by atoms with Crippen molar-refractivity contribution in [1.29, 1.82) is 0 Å². The number of hydrogen-bond acceptors (Lipinski definition) is 9. The van der Waals surface area contributed by atoms with Crippen molar-refractivity contribution in [2.24, 2.45) is 11.5 Å². The van der Waals surface area contributed by atoms with Crippen LogP contribution in [0.2, 0.25) is 0 Å². The van der Waals surface area contributed by atoms with Gasteiger partial charge < -0.3 is 46.3 Å². The second-order valence-corrected chi connectivity index (χ2v) is 3.10. The first-order valence-electron chi connectivity index (χ1n) is 5.21. The third-order valence-electron chi connectivity index (χ3n) is 0.952. The predicted molar refractivity (Wildman–Crippen MR) is 65.3 cm³/mol. The van der Waals surface area contributed by atoms with Gasteiger partial charge in [0.2, 0.25) is 0 Å². The Bertz CT molecular complexity index is 254. The zero-order chi connectivity index (χ0) is 17.3. The number of carboxylic acids is 3. The van der Waals surface area contributed by atoms with E-state index in [1.54, 1.807) is 0 Å². The van der Waals surface area contributed by atoms with Crippen molar-refractivity contribution in [3.63, 3.8) is 0 Å². The smallest absolute Gasteiger partial charge is 0.550 e. The number of rotatable bonds is 3. The summed E-state index contributed by atoms with van der Waals surface area (Å²) in [5.74, 6) is -3.25. The second-order valence-electron chi connectivity index (χ2n) is 3.10. The molecule has 0 aromatic carbocycles. The van der Waals surface area contributed by atoms with E-state index in [1.165, 1.54) is 6.08 Å². The quantitative estimate of drug-likeness (QED) is 0.323. The average molecular weight is 362 g/mol. The van der Waals surface area contributed by atoms with Crippen LogP contribution in [0, 0.1) is 0 Å². The van der Waals surface area contributed by atoms with Crippen LogP contribution in [0.4, 0.5) is 0 Å². The fourth-order valence-electron chi connectivity index (χ4n) is 0.314. The Morgan fingerprint density at radius 1 is 1.00 bits per heavy atom. The number of aliphatic hydroxyl groups excluding tert-OH is 1. The molecule has 5 N–H and O–H groups in total. The fraction of sp³-hybridized carbons (Fsp3) is 0.545. The van der Waals surface area contributed by atoms with E-state index in [2.05, 4.69) is 6.58 Å². The Morgan fingerprint density at radius 3 is 1.22 bits per heavy atom. The van der Waals surface area contributed by atoms with Crippen molar-refractivity contribution in [2.45, 2.75) is 32.9 Å². The van der Waals surface area contributed by atoms with E-state index in [4.69, 9.17) is 46.3 Å². The van der Waals surface area contributed by atoms with E-state index in [-0.39, 0.29) is 101 Å². The van der Waals surface area contributed by atoms with Crippen LogP contribution >= 0.6 is 0 Å². The molecule has 0 radical (unpaired) electrons. The van der Waals surface area contributed by atoms with Crippen molar-refractivity contribution in [1.82, 2.24) is 0 Å². The van der Waals surface area contributed by atoms with Gasteiger partial charge in [-0.1, -0.05) is 6.08 Å². The molecule has 0 aromatic heterocycles. The van der Waals surface area contributed by atoms with Gasteiger partial charge in [-0.2, -0.15) is 0 Å². The number of hydrogen-bond donors (Lipinski definition) is 3. The third kappa shape index (κ3) is 125. The number of carbonyl (C=O) groups excluding carboxylic acids is 3. The van der Waals surface area contributed by atoms with Crippen molar-refractivity contribution in [3.8, 4) is 0 Å². The summed E-state index contributed by atoms with van der Waals surface area (Å²) in [5.41, 5.74) is 10.4. The molecule has 0 saturated heterocycles. The van der Waals surface area contributed by atoms with Gasteiger partial charge in [-0.15, -0.1) is 6.58 Å². The molecule has 0 fully saturated rings. The second kappa shape index (κ2) is 34.4. The van der Waals surface area contributed by atoms with Gasteiger partial charge in [-0.3, -0.25) is 0 Å². The van der Waals surface area contributed by atoms with Crippen LogP contribution in [0.1, 0.15) is 20.8 Å². The fourth-order valence-corrected chi connectivity index (χ4v) is 0.314. The molecule has 0 aliphatic heterocycles. The van der Waals surface area contributed by atoms with Crippen molar-refractivity contribution in [3.05, 3.63) is 12.7 Å². The van der Waals surface area contributed by atoms with Gasteiger partial charge in [0.25, 0.3) is 0 Å². The molecule has 120 valence electrons. The summed E-state index contributed by atoms with van der Waals surface area (Å²) in [7, 11) is 0. The monoisotopic (exact) mass is 362 g/mol. The van der Waals surface area contributed by atoms with Crippen LogP contribution in [0.15, 0.2) is 12.7 Å². The first-order chi connectivity index (χ1) is 8.91. The summed E-state index contributed by atoms with van der Waals surface area (Å²) >= 11 is 0. The molecule has 0 saturated carbocycles. The maximum Gasteiger partial charge on any atom is 1.00 e. The van der Waals surface area contributed by atoms with Crippen LogP contribution in [0.5, 0.6) is 0 Å². The van der Waals surface area contributed by atoms with Gasteiger partial charge in [0, 0.05) is 30.5 Å². The Morgan fingerprint density at radius 2 is 1.17 bits per heavy atom. The summed E-state index contributed by atoms with van der Waals surface area (Å²) in [6.07, 6.45) is 0.706. The average Bonchev–Trinajstić information content (AvgIpc) is 2.24. The minimum absolute atomic E-state index is 0. The van der Waals surface area contributed by atoms with Gasteiger partial charge in [0.15, 0.2) is 0 Å². The van der Waals surface area contributed by atoms with Crippen molar-refractivity contribution >= 4 is 17.9 Å². The number of carboxylic acid groups (broad SMARTS) is 3. The summed E-state index contributed by atoms with van der Waals surface area (Å²) in [4.78, 5) is 26.7. The van der Waals surface area contributed by atoms with Gasteiger partial charge in [0.1, 0.15) is 0 Å². The van der Waals surface area contributed by atoms with Crippen molar-refractivity contribution < 1.29 is 123 Å². The predicted octanol–water partition coefficient (Wildman–Crippen LogP) is -13.9. The van der Waals surface area contributed by atoms with Gasteiger partial charge >= 0.3 is 88.7 Å². The van der Waals surface area contributed by atoms with Crippen LogP contribution in [-0.2, 0) is 14.4 Å². The van der Waals surface area contributed by atoms with E-state index >= 15 is 0 Å². The van der Waals surface area contributed by atoms with E-state index in [0.717, 1.165) is 20.8 Å². The van der Waals surface area contributed by atoms with Crippen LogP contribution in [-0.4, -0.2) is 41.7 Å². The Kier molecular flexibility index (Phi) is 65.7. The summed E-state index contributed by atoms with van der Waals surface area (Å²) in [5, 5.41) is 35.5. The molecule has 2 atom stereocenters. The Balaban J connectivity index is -0.0000000301. The van der Waals surface area contributed by atoms with Crippen molar-refractivity contribution in [2.75, 3.05) is 6.54 Å². The van der Waals surface area contributed by atoms with E-state index < -0.39 is 24.0 Å². The zero-order valence-corrected chi connectivity index (χ0v) is 20.7. The maximum atomic E-state index is 8.89. The number of nitrogens with two attached hydrogens (primary N) is 2. The third-order valence-corrected chi connectivity index (χ3v) is 0.952. The Labute approximate surface area is 202 Å². The van der Waals surface area contributed by atoms with E-state index in [1.807, 2.05) is 0 Å². The molecular weight excluding hydrogens is 341 g/mol.